The summed E-state index contributed by atoms with van der Waals surface area (Å²) in [5.41, 5.74) is 5.13. The van der Waals surface area contributed by atoms with Gasteiger partial charge in [-0.2, -0.15) is 0 Å². The summed E-state index contributed by atoms with van der Waals surface area (Å²) in [4.78, 5) is 31.0. The second-order valence-electron chi connectivity index (χ2n) is 7.72. The Kier molecular flexibility index (Phi) is 5.54. The van der Waals surface area contributed by atoms with Crippen LogP contribution < -0.4 is 15.5 Å². The van der Waals surface area contributed by atoms with Crippen molar-refractivity contribution in [1.29, 1.82) is 0 Å². The van der Waals surface area contributed by atoms with Gasteiger partial charge >= 0.3 is 0 Å². The van der Waals surface area contributed by atoms with Gasteiger partial charge in [-0.25, -0.2) is 0 Å². The van der Waals surface area contributed by atoms with Crippen LogP contribution in [0.5, 0.6) is 5.75 Å². The van der Waals surface area contributed by atoms with Crippen LogP contribution in [0, 0.1) is 13.8 Å². The van der Waals surface area contributed by atoms with Gasteiger partial charge in [-0.1, -0.05) is 17.7 Å². The molecule has 0 aliphatic carbocycles. The average molecular weight is 426 g/mol. The molecule has 0 fully saturated rings. The van der Waals surface area contributed by atoms with Crippen molar-refractivity contribution in [3.63, 3.8) is 0 Å². The summed E-state index contributed by atoms with van der Waals surface area (Å²) in [7, 11) is 1.57. The first-order chi connectivity index (χ1) is 14.4. The van der Waals surface area contributed by atoms with E-state index in [1.54, 1.807) is 19.2 Å². The number of carbonyl (C=O) groups is 1. The summed E-state index contributed by atoms with van der Waals surface area (Å²) in [6, 6.07) is 9.27. The van der Waals surface area contributed by atoms with Crippen molar-refractivity contribution in [3.05, 3.63) is 68.0 Å². The van der Waals surface area contributed by atoms with E-state index in [1.807, 2.05) is 36.9 Å². The molecule has 156 valence electrons. The Labute approximate surface area is 179 Å². The fourth-order valence-electron chi connectivity index (χ4n) is 3.90. The number of benzene rings is 2. The summed E-state index contributed by atoms with van der Waals surface area (Å²) >= 11 is 6.32. The Balaban J connectivity index is 1.56. The van der Waals surface area contributed by atoms with Crippen LogP contribution in [-0.2, 0) is 17.8 Å². The van der Waals surface area contributed by atoms with E-state index in [2.05, 4.69) is 10.3 Å². The Morgan fingerprint density at radius 1 is 1.23 bits per heavy atom. The molecule has 0 unspecified atom stereocenters. The lowest BCUT2D eigenvalue weighted by molar-refractivity contribution is -0.117. The molecular weight excluding hydrogens is 402 g/mol. The number of anilines is 1. The normalized spacial score (nSPS) is 13.9. The molecule has 1 aliphatic rings. The molecule has 2 heterocycles. The van der Waals surface area contributed by atoms with Gasteiger partial charge in [-0.15, -0.1) is 0 Å². The lowest BCUT2D eigenvalue weighted by Crippen LogP contribution is -2.39. The number of aromatic nitrogens is 1. The van der Waals surface area contributed by atoms with E-state index in [4.69, 9.17) is 16.3 Å². The molecule has 1 amide bonds. The highest BCUT2D eigenvalue weighted by Gasteiger charge is 2.24. The first-order valence-corrected chi connectivity index (χ1v) is 10.2. The molecule has 3 aromatic rings. The van der Waals surface area contributed by atoms with Gasteiger partial charge in [0.1, 0.15) is 5.75 Å². The van der Waals surface area contributed by atoms with E-state index in [-0.39, 0.29) is 17.9 Å². The standard InChI is InChI=1S/C23H24ClN3O3/c1-13-4-5-15(10-14(13)2)25-20(28)12-27-9-8-18-16(11-27)23(29)21-17(24)6-7-19(30-3)22(21)26-18/h4-7,10H,8-9,11-12H2,1-3H3,(H,25,28)(H,26,29). The summed E-state index contributed by atoms with van der Waals surface area (Å²) < 4.78 is 5.38. The molecule has 7 heteroatoms. The van der Waals surface area contributed by atoms with Crippen LogP contribution in [0.3, 0.4) is 0 Å². The maximum atomic E-state index is 13.2. The molecule has 1 aromatic heterocycles. The predicted molar refractivity (Wildman–Crippen MR) is 120 cm³/mol. The van der Waals surface area contributed by atoms with Crippen molar-refractivity contribution in [2.24, 2.45) is 0 Å². The number of nitrogens with zero attached hydrogens (tertiary/aromatic N) is 1. The van der Waals surface area contributed by atoms with Crippen molar-refractivity contribution >= 4 is 34.1 Å². The van der Waals surface area contributed by atoms with Gasteiger partial charge < -0.3 is 15.0 Å². The second kappa shape index (κ2) is 8.13. The molecular formula is C23H24ClN3O3. The number of amides is 1. The zero-order chi connectivity index (χ0) is 21.4. The molecule has 4 rings (SSSR count). The van der Waals surface area contributed by atoms with Crippen molar-refractivity contribution < 1.29 is 9.53 Å². The van der Waals surface area contributed by atoms with Crippen LogP contribution >= 0.6 is 11.6 Å². The summed E-state index contributed by atoms with van der Waals surface area (Å²) in [5.74, 6) is 0.489. The van der Waals surface area contributed by atoms with Gasteiger partial charge in [-0.3, -0.25) is 14.5 Å². The number of nitrogens with one attached hydrogen (secondary N) is 2. The molecule has 0 atom stereocenters. The number of aromatic amines is 1. The van der Waals surface area contributed by atoms with E-state index in [9.17, 15) is 9.59 Å². The van der Waals surface area contributed by atoms with Crippen LogP contribution in [0.1, 0.15) is 22.4 Å². The van der Waals surface area contributed by atoms with Gasteiger partial charge in [0.25, 0.3) is 0 Å². The zero-order valence-electron chi connectivity index (χ0n) is 17.3. The van der Waals surface area contributed by atoms with Crippen LogP contribution in [0.2, 0.25) is 5.02 Å². The molecule has 1 aliphatic heterocycles. The molecule has 0 spiro atoms. The van der Waals surface area contributed by atoms with Crippen molar-refractivity contribution in [2.45, 2.75) is 26.8 Å². The third kappa shape index (κ3) is 3.80. The number of halogens is 1. The largest absolute Gasteiger partial charge is 0.495 e. The highest BCUT2D eigenvalue weighted by Crippen LogP contribution is 2.30. The lowest BCUT2D eigenvalue weighted by atomic mass is 10.0. The topological polar surface area (TPSA) is 74.4 Å². The van der Waals surface area contributed by atoms with Crippen LogP contribution in [0.4, 0.5) is 5.69 Å². The van der Waals surface area contributed by atoms with Crippen molar-refractivity contribution in [2.75, 3.05) is 25.5 Å². The fraction of sp³-hybridized carbons (Fsp3) is 0.304. The number of ether oxygens (including phenoxy) is 1. The lowest BCUT2D eigenvalue weighted by Gasteiger charge is -2.28. The van der Waals surface area contributed by atoms with Gasteiger partial charge in [0.2, 0.25) is 5.91 Å². The van der Waals surface area contributed by atoms with Crippen LogP contribution in [-0.4, -0.2) is 36.0 Å². The highest BCUT2D eigenvalue weighted by atomic mass is 35.5. The Morgan fingerprint density at radius 2 is 2.03 bits per heavy atom. The maximum absolute atomic E-state index is 13.2. The highest BCUT2D eigenvalue weighted by molar-refractivity contribution is 6.35. The first-order valence-electron chi connectivity index (χ1n) is 9.87. The molecule has 2 aromatic carbocycles. The third-order valence-electron chi connectivity index (χ3n) is 5.70. The minimum Gasteiger partial charge on any atom is -0.495 e. The quantitative estimate of drug-likeness (QED) is 0.666. The molecule has 30 heavy (non-hydrogen) atoms. The number of methoxy groups -OCH3 is 1. The summed E-state index contributed by atoms with van der Waals surface area (Å²) in [5, 5.41) is 3.76. The number of rotatable bonds is 4. The fourth-order valence-corrected chi connectivity index (χ4v) is 4.14. The van der Waals surface area contributed by atoms with E-state index >= 15 is 0 Å². The number of H-pyrrole nitrogens is 1. The maximum Gasteiger partial charge on any atom is 0.238 e. The third-order valence-corrected chi connectivity index (χ3v) is 6.01. The smallest absolute Gasteiger partial charge is 0.238 e. The second-order valence-corrected chi connectivity index (χ2v) is 8.13. The number of carbonyl (C=O) groups excluding carboxylic acids is 1. The van der Waals surface area contributed by atoms with Gasteiger partial charge in [0.15, 0.2) is 5.43 Å². The van der Waals surface area contributed by atoms with Crippen LogP contribution in [0.25, 0.3) is 10.9 Å². The molecule has 0 bridgehead atoms. The molecule has 0 radical (unpaired) electrons. The van der Waals surface area contributed by atoms with E-state index in [0.717, 1.165) is 16.9 Å². The summed E-state index contributed by atoms with van der Waals surface area (Å²) in [6.07, 6.45) is 0.646. The van der Waals surface area contributed by atoms with Gasteiger partial charge in [0, 0.05) is 36.5 Å². The van der Waals surface area contributed by atoms with E-state index in [1.165, 1.54) is 5.56 Å². The van der Waals surface area contributed by atoms with Crippen LogP contribution in [0.15, 0.2) is 35.1 Å². The zero-order valence-corrected chi connectivity index (χ0v) is 18.0. The average Bonchev–Trinajstić information content (AvgIpc) is 2.71. The molecule has 2 N–H and O–H groups in total. The Morgan fingerprint density at radius 3 is 2.77 bits per heavy atom. The van der Waals surface area contributed by atoms with E-state index in [0.29, 0.717) is 46.7 Å². The predicted octanol–water partition coefficient (Wildman–Crippen LogP) is 3.80. The minimum absolute atomic E-state index is 0.0985. The first kappa shape index (κ1) is 20.4. The van der Waals surface area contributed by atoms with Gasteiger partial charge in [-0.05, 0) is 49.2 Å². The minimum atomic E-state index is -0.109. The van der Waals surface area contributed by atoms with Crippen molar-refractivity contribution in [1.82, 2.24) is 9.88 Å². The van der Waals surface area contributed by atoms with E-state index < -0.39 is 0 Å². The van der Waals surface area contributed by atoms with Crippen molar-refractivity contribution in [3.8, 4) is 5.75 Å². The number of hydrogen-bond donors (Lipinski definition) is 2. The Hall–Kier alpha value is -2.83. The number of fused-ring (bicyclic) bond motifs is 2. The number of pyridine rings is 1. The monoisotopic (exact) mass is 425 g/mol. The van der Waals surface area contributed by atoms with Gasteiger partial charge in [0.05, 0.1) is 29.6 Å². The molecule has 0 saturated heterocycles. The SMILES string of the molecule is COc1ccc(Cl)c2c(=O)c3c([nH]c12)CCN(CC(=O)Nc1ccc(C)c(C)c1)C3. The Bertz CT molecular complexity index is 1200. The molecule has 0 saturated carbocycles. The molecule has 6 nitrogen and oxygen atoms in total. The summed E-state index contributed by atoms with van der Waals surface area (Å²) in [6.45, 7) is 5.35. The number of aryl methyl sites for hydroxylation is 2. The number of hydrogen-bond acceptors (Lipinski definition) is 4.